The summed E-state index contributed by atoms with van der Waals surface area (Å²) < 4.78 is 5.16. The first-order chi connectivity index (χ1) is 9.22. The number of nitrogens with zero attached hydrogens (tertiary/aromatic N) is 1. The molecular weight excluding hydrogens is 240 g/mol. The average Bonchev–Trinajstić information content (AvgIpc) is 2.44. The molecule has 0 saturated heterocycles. The molecule has 96 valence electrons. The maximum Gasteiger partial charge on any atom is 0.225 e. The molecule has 0 aromatic heterocycles. The third-order valence-electron chi connectivity index (χ3n) is 2.80. The lowest BCUT2D eigenvalue weighted by Crippen LogP contribution is -2.10. The van der Waals surface area contributed by atoms with Crippen LogP contribution in [0.25, 0.3) is 10.8 Å². The van der Waals surface area contributed by atoms with Crippen LogP contribution in [0.4, 0.5) is 5.69 Å². The van der Waals surface area contributed by atoms with Crippen LogP contribution in [-0.2, 0) is 4.79 Å². The largest absolute Gasteiger partial charge is 0.497 e. The van der Waals surface area contributed by atoms with E-state index in [9.17, 15) is 4.79 Å². The van der Waals surface area contributed by atoms with E-state index in [0.717, 1.165) is 22.2 Å². The molecule has 19 heavy (non-hydrogen) atoms. The zero-order chi connectivity index (χ0) is 13.7. The minimum atomic E-state index is -0.144. The van der Waals surface area contributed by atoms with Gasteiger partial charge in [0.2, 0.25) is 5.91 Å². The molecule has 0 atom stereocenters. The van der Waals surface area contributed by atoms with Crippen LogP contribution in [0.5, 0.6) is 5.75 Å². The number of hydrogen-bond acceptors (Lipinski definition) is 3. The molecule has 0 spiro atoms. The number of rotatable bonds is 4. The van der Waals surface area contributed by atoms with Crippen LogP contribution in [0, 0.1) is 11.3 Å². The van der Waals surface area contributed by atoms with Gasteiger partial charge in [0.15, 0.2) is 0 Å². The minimum absolute atomic E-state index is 0.144. The van der Waals surface area contributed by atoms with Crippen LogP contribution in [0.2, 0.25) is 0 Å². The molecule has 2 rings (SSSR count). The first kappa shape index (κ1) is 12.9. The summed E-state index contributed by atoms with van der Waals surface area (Å²) in [6, 6.07) is 13.4. The van der Waals surface area contributed by atoms with Crippen molar-refractivity contribution in [3.8, 4) is 11.8 Å². The molecule has 1 amide bonds. The van der Waals surface area contributed by atoms with E-state index in [4.69, 9.17) is 10.00 Å². The van der Waals surface area contributed by atoms with Crippen LogP contribution >= 0.6 is 0 Å². The molecule has 4 nitrogen and oxygen atoms in total. The molecule has 1 N–H and O–H groups in total. The van der Waals surface area contributed by atoms with Crippen molar-refractivity contribution in [3.63, 3.8) is 0 Å². The van der Waals surface area contributed by atoms with Gasteiger partial charge in [-0.15, -0.1) is 0 Å². The lowest BCUT2D eigenvalue weighted by molar-refractivity contribution is -0.116. The first-order valence-corrected chi connectivity index (χ1v) is 5.97. The van der Waals surface area contributed by atoms with Crippen molar-refractivity contribution in [1.29, 1.82) is 5.26 Å². The van der Waals surface area contributed by atoms with E-state index in [1.165, 1.54) is 0 Å². The van der Waals surface area contributed by atoms with E-state index in [2.05, 4.69) is 5.32 Å². The predicted molar refractivity (Wildman–Crippen MR) is 74.0 cm³/mol. The molecule has 4 heteroatoms. The summed E-state index contributed by atoms with van der Waals surface area (Å²) in [5.74, 6) is 0.660. The van der Waals surface area contributed by atoms with Crippen molar-refractivity contribution < 1.29 is 9.53 Å². The second-order valence-corrected chi connectivity index (χ2v) is 4.13. The summed E-state index contributed by atoms with van der Waals surface area (Å²) in [7, 11) is 1.63. The van der Waals surface area contributed by atoms with Gasteiger partial charge in [-0.1, -0.05) is 12.1 Å². The third kappa shape index (κ3) is 3.23. The number of benzene rings is 2. The average molecular weight is 254 g/mol. The number of nitriles is 1. The number of hydrogen-bond donors (Lipinski definition) is 1. The van der Waals surface area contributed by atoms with E-state index in [0.29, 0.717) is 0 Å². The molecule has 0 aliphatic rings. The van der Waals surface area contributed by atoms with Crippen LogP contribution in [-0.4, -0.2) is 13.0 Å². The van der Waals surface area contributed by atoms with E-state index in [-0.39, 0.29) is 18.7 Å². The lowest BCUT2D eigenvalue weighted by atomic mass is 10.1. The summed E-state index contributed by atoms with van der Waals surface area (Å²) in [6.45, 7) is 0. The zero-order valence-electron chi connectivity index (χ0n) is 10.6. The highest BCUT2D eigenvalue weighted by Crippen LogP contribution is 2.23. The highest BCUT2D eigenvalue weighted by molar-refractivity contribution is 5.94. The molecular formula is C15H14N2O2. The van der Waals surface area contributed by atoms with Crippen molar-refractivity contribution in [2.24, 2.45) is 0 Å². The number of carbonyl (C=O) groups is 1. The monoisotopic (exact) mass is 254 g/mol. The van der Waals surface area contributed by atoms with Gasteiger partial charge >= 0.3 is 0 Å². The summed E-state index contributed by atoms with van der Waals surface area (Å²) in [5, 5.41) is 13.3. The first-order valence-electron chi connectivity index (χ1n) is 5.97. The number of methoxy groups -OCH3 is 1. The molecule has 0 bridgehead atoms. The Balaban J connectivity index is 2.18. The third-order valence-corrected chi connectivity index (χ3v) is 2.80. The van der Waals surface area contributed by atoms with Crippen molar-refractivity contribution in [3.05, 3.63) is 36.4 Å². The molecule has 0 fully saturated rings. The Morgan fingerprint density at radius 2 is 2.00 bits per heavy atom. The Morgan fingerprint density at radius 1 is 1.26 bits per heavy atom. The molecule has 0 unspecified atom stereocenters. The number of nitrogens with one attached hydrogen (secondary N) is 1. The fourth-order valence-corrected chi connectivity index (χ4v) is 1.82. The molecule has 2 aromatic rings. The van der Waals surface area contributed by atoms with Crippen LogP contribution < -0.4 is 10.1 Å². The van der Waals surface area contributed by atoms with Gasteiger partial charge in [-0.05, 0) is 35.0 Å². The zero-order valence-corrected chi connectivity index (χ0v) is 10.6. The van der Waals surface area contributed by atoms with Crippen LogP contribution in [0.3, 0.4) is 0 Å². The molecule has 0 saturated carbocycles. The standard InChI is InChI=1S/C15H14N2O2/c1-19-14-7-5-11-9-13(6-4-12(11)10-14)17-15(18)3-2-8-16/h4-7,9-10H,2-3H2,1H3,(H,17,18). The number of amides is 1. The Morgan fingerprint density at radius 3 is 2.74 bits per heavy atom. The highest BCUT2D eigenvalue weighted by atomic mass is 16.5. The minimum Gasteiger partial charge on any atom is -0.497 e. The molecule has 0 radical (unpaired) electrons. The summed E-state index contributed by atoms with van der Waals surface area (Å²) in [5.41, 5.74) is 0.737. The number of anilines is 1. The van der Waals surface area contributed by atoms with Crippen molar-refractivity contribution in [2.45, 2.75) is 12.8 Å². The lowest BCUT2D eigenvalue weighted by Gasteiger charge is -2.07. The molecule has 0 heterocycles. The van der Waals surface area contributed by atoms with Gasteiger partial charge in [-0.25, -0.2) is 0 Å². The Labute approximate surface area is 111 Å². The van der Waals surface area contributed by atoms with E-state index in [1.807, 2.05) is 42.5 Å². The summed E-state index contributed by atoms with van der Waals surface area (Å²) in [6.07, 6.45) is 0.452. The van der Waals surface area contributed by atoms with E-state index < -0.39 is 0 Å². The number of ether oxygens (including phenoxy) is 1. The molecule has 0 aliphatic heterocycles. The van der Waals surface area contributed by atoms with E-state index >= 15 is 0 Å². The van der Waals surface area contributed by atoms with Gasteiger partial charge < -0.3 is 10.1 Å². The highest BCUT2D eigenvalue weighted by Gasteiger charge is 2.03. The fraction of sp³-hybridized carbons (Fsp3) is 0.200. The molecule has 0 aliphatic carbocycles. The van der Waals surface area contributed by atoms with Gasteiger partial charge in [0.1, 0.15) is 5.75 Å². The topological polar surface area (TPSA) is 62.1 Å². The van der Waals surface area contributed by atoms with Crippen molar-refractivity contribution in [2.75, 3.05) is 12.4 Å². The fourth-order valence-electron chi connectivity index (χ4n) is 1.82. The van der Waals surface area contributed by atoms with Crippen LogP contribution in [0.1, 0.15) is 12.8 Å². The Kier molecular flexibility index (Phi) is 3.99. The quantitative estimate of drug-likeness (QED) is 0.911. The summed E-state index contributed by atoms with van der Waals surface area (Å²) in [4.78, 5) is 11.5. The maximum absolute atomic E-state index is 11.5. The number of fused-ring (bicyclic) bond motifs is 1. The van der Waals surface area contributed by atoms with Gasteiger partial charge in [-0.2, -0.15) is 5.26 Å². The van der Waals surface area contributed by atoms with Gasteiger partial charge in [0.05, 0.1) is 13.2 Å². The maximum atomic E-state index is 11.5. The van der Waals surface area contributed by atoms with Crippen molar-refractivity contribution >= 4 is 22.4 Å². The van der Waals surface area contributed by atoms with Gasteiger partial charge in [-0.3, -0.25) is 4.79 Å². The second kappa shape index (κ2) is 5.87. The second-order valence-electron chi connectivity index (χ2n) is 4.13. The smallest absolute Gasteiger partial charge is 0.225 e. The summed E-state index contributed by atoms with van der Waals surface area (Å²) >= 11 is 0. The molecule has 2 aromatic carbocycles. The normalized spacial score (nSPS) is 9.89. The van der Waals surface area contributed by atoms with E-state index in [1.54, 1.807) is 7.11 Å². The van der Waals surface area contributed by atoms with Gasteiger partial charge in [0, 0.05) is 18.5 Å². The van der Waals surface area contributed by atoms with Gasteiger partial charge in [0.25, 0.3) is 0 Å². The van der Waals surface area contributed by atoms with Crippen molar-refractivity contribution in [1.82, 2.24) is 0 Å². The Hall–Kier alpha value is -2.54. The van der Waals surface area contributed by atoms with Crippen LogP contribution in [0.15, 0.2) is 36.4 Å². The predicted octanol–water partition coefficient (Wildman–Crippen LogP) is 3.09. The SMILES string of the molecule is COc1ccc2cc(NC(=O)CCC#N)ccc2c1. The number of carbonyl (C=O) groups excluding carboxylic acids is 1. The Bertz CT molecular complexity index is 644.